The van der Waals surface area contributed by atoms with E-state index in [4.69, 9.17) is 0 Å². The number of para-hydroxylation sites is 1. The number of hydrogen-bond acceptors (Lipinski definition) is 2. The molecule has 0 aliphatic heterocycles. The summed E-state index contributed by atoms with van der Waals surface area (Å²) in [5, 5.41) is 7.75. The summed E-state index contributed by atoms with van der Waals surface area (Å²) < 4.78 is 0. The molecule has 0 fully saturated rings. The van der Waals surface area contributed by atoms with E-state index in [9.17, 15) is 4.79 Å². The molecule has 0 spiro atoms. The fourth-order valence-corrected chi connectivity index (χ4v) is 3.13. The number of carbonyl (C=O) groups is 1. The minimum absolute atomic E-state index is 0. The van der Waals surface area contributed by atoms with Crippen LogP contribution < -0.4 is 10.6 Å². The summed E-state index contributed by atoms with van der Waals surface area (Å²) in [6.45, 7) is 3.59. The van der Waals surface area contributed by atoms with Crippen molar-refractivity contribution in [1.29, 1.82) is 0 Å². The third-order valence-electron chi connectivity index (χ3n) is 4.86. The molecule has 6 nitrogen and oxygen atoms in total. The first-order chi connectivity index (χ1) is 14.0. The number of nitrogens with zero attached hydrogens (tertiary/aromatic N) is 2. The van der Waals surface area contributed by atoms with E-state index in [1.165, 1.54) is 22.0 Å². The van der Waals surface area contributed by atoms with Crippen molar-refractivity contribution in [2.24, 2.45) is 4.99 Å². The lowest BCUT2D eigenvalue weighted by Gasteiger charge is -2.15. The third-order valence-corrected chi connectivity index (χ3v) is 4.86. The number of likely N-dealkylation sites (N-methyl/N-ethyl adjacent to an activating group) is 1. The van der Waals surface area contributed by atoms with Gasteiger partial charge in [0.25, 0.3) is 0 Å². The first-order valence-corrected chi connectivity index (χ1v) is 9.86. The molecule has 2 aromatic carbocycles. The summed E-state index contributed by atoms with van der Waals surface area (Å²) in [6, 6.07) is 16.4. The number of carbonyl (C=O) groups excluding carboxylic acids is 1. The fraction of sp³-hybridized carbons (Fsp3) is 0.304. The molecule has 7 heteroatoms. The lowest BCUT2D eigenvalue weighted by molar-refractivity contribution is -0.127. The number of benzene rings is 2. The van der Waals surface area contributed by atoms with Gasteiger partial charge in [-0.1, -0.05) is 48.5 Å². The summed E-state index contributed by atoms with van der Waals surface area (Å²) >= 11 is 0. The van der Waals surface area contributed by atoms with Crippen LogP contribution in [0.5, 0.6) is 0 Å². The molecule has 30 heavy (non-hydrogen) atoms. The highest BCUT2D eigenvalue weighted by Crippen LogP contribution is 2.21. The minimum Gasteiger partial charge on any atom is -0.361 e. The highest BCUT2D eigenvalue weighted by atomic mass is 127. The van der Waals surface area contributed by atoms with Crippen molar-refractivity contribution in [2.75, 3.05) is 27.2 Å². The Morgan fingerprint density at radius 3 is 2.57 bits per heavy atom. The number of aliphatic imine (C=N–C) groups is 1. The van der Waals surface area contributed by atoms with Crippen molar-refractivity contribution in [1.82, 2.24) is 20.5 Å². The SMILES string of the molecule is Cc1cccc2c(CCNC(=NCc3ccccc3)NCC(=O)N(C)C)c[nH]c12.I. The number of halogens is 1. The second kappa shape index (κ2) is 11.6. The molecule has 0 unspecified atom stereocenters. The normalized spacial score (nSPS) is 11.1. The summed E-state index contributed by atoms with van der Waals surface area (Å²) in [5.41, 5.74) is 4.83. The number of aryl methyl sites for hydroxylation is 1. The van der Waals surface area contributed by atoms with Crippen molar-refractivity contribution >= 4 is 46.7 Å². The van der Waals surface area contributed by atoms with Crippen LogP contribution in [-0.2, 0) is 17.8 Å². The van der Waals surface area contributed by atoms with Gasteiger partial charge in [0.15, 0.2) is 5.96 Å². The fourth-order valence-electron chi connectivity index (χ4n) is 3.13. The highest BCUT2D eigenvalue weighted by molar-refractivity contribution is 14.0. The van der Waals surface area contributed by atoms with E-state index < -0.39 is 0 Å². The molecule has 0 aliphatic carbocycles. The zero-order chi connectivity index (χ0) is 20.6. The zero-order valence-corrected chi connectivity index (χ0v) is 20.1. The number of nitrogens with one attached hydrogen (secondary N) is 3. The van der Waals surface area contributed by atoms with Gasteiger partial charge in [0, 0.05) is 37.7 Å². The van der Waals surface area contributed by atoms with E-state index >= 15 is 0 Å². The molecule has 0 saturated heterocycles. The Morgan fingerprint density at radius 1 is 1.07 bits per heavy atom. The quantitative estimate of drug-likeness (QED) is 0.255. The predicted molar refractivity (Wildman–Crippen MR) is 134 cm³/mol. The van der Waals surface area contributed by atoms with Crippen LogP contribution in [0.3, 0.4) is 0 Å². The largest absolute Gasteiger partial charge is 0.361 e. The Kier molecular flexibility index (Phi) is 9.16. The number of rotatable bonds is 7. The second-order valence-electron chi connectivity index (χ2n) is 7.28. The molecular formula is C23H30IN5O. The molecule has 0 saturated carbocycles. The second-order valence-corrected chi connectivity index (χ2v) is 7.28. The van der Waals surface area contributed by atoms with Gasteiger partial charge in [0.2, 0.25) is 5.91 Å². The van der Waals surface area contributed by atoms with Crippen LogP contribution in [0, 0.1) is 6.92 Å². The van der Waals surface area contributed by atoms with Gasteiger partial charge in [-0.2, -0.15) is 0 Å². The average Bonchev–Trinajstić information content (AvgIpc) is 3.14. The molecule has 0 bridgehead atoms. The summed E-state index contributed by atoms with van der Waals surface area (Å²) in [7, 11) is 3.49. The summed E-state index contributed by atoms with van der Waals surface area (Å²) in [4.78, 5) is 21.5. The Morgan fingerprint density at radius 2 is 1.83 bits per heavy atom. The summed E-state index contributed by atoms with van der Waals surface area (Å²) in [5.74, 6) is 0.645. The molecule has 1 amide bonds. The standard InChI is InChI=1S/C23H29N5O.HI/c1-17-8-7-11-20-19(15-25-22(17)20)12-13-24-23(27-16-21(29)28(2)3)26-14-18-9-5-4-6-10-18;/h4-11,15,25H,12-14,16H2,1-3H3,(H2,24,26,27);1H. The molecule has 3 N–H and O–H groups in total. The molecule has 3 aromatic rings. The number of amides is 1. The lowest BCUT2D eigenvalue weighted by Crippen LogP contribution is -2.43. The van der Waals surface area contributed by atoms with Crippen LogP contribution >= 0.6 is 24.0 Å². The molecular weight excluding hydrogens is 489 g/mol. The van der Waals surface area contributed by atoms with Crippen LogP contribution in [0.15, 0.2) is 59.7 Å². The van der Waals surface area contributed by atoms with Gasteiger partial charge in [-0.15, -0.1) is 24.0 Å². The Labute approximate surface area is 195 Å². The monoisotopic (exact) mass is 519 g/mol. The first-order valence-electron chi connectivity index (χ1n) is 9.86. The van der Waals surface area contributed by atoms with Crippen LogP contribution in [0.4, 0.5) is 0 Å². The lowest BCUT2D eigenvalue weighted by atomic mass is 10.1. The molecule has 0 radical (unpaired) electrons. The number of aromatic amines is 1. The Bertz CT molecular complexity index is 982. The minimum atomic E-state index is 0. The highest BCUT2D eigenvalue weighted by Gasteiger charge is 2.08. The van der Waals surface area contributed by atoms with Crippen molar-refractivity contribution in [3.8, 4) is 0 Å². The number of guanidine groups is 1. The van der Waals surface area contributed by atoms with Gasteiger partial charge >= 0.3 is 0 Å². The van der Waals surface area contributed by atoms with Gasteiger partial charge in [-0.05, 0) is 30.0 Å². The first kappa shape index (κ1) is 23.7. The zero-order valence-electron chi connectivity index (χ0n) is 17.7. The Balaban J connectivity index is 0.00000320. The third kappa shape index (κ3) is 6.48. The van der Waals surface area contributed by atoms with Gasteiger partial charge in [-0.3, -0.25) is 4.79 Å². The maximum Gasteiger partial charge on any atom is 0.241 e. The van der Waals surface area contributed by atoms with E-state index in [0.29, 0.717) is 12.5 Å². The van der Waals surface area contributed by atoms with Gasteiger partial charge in [-0.25, -0.2) is 4.99 Å². The van der Waals surface area contributed by atoms with E-state index in [-0.39, 0.29) is 36.4 Å². The maximum atomic E-state index is 11.9. The molecule has 3 rings (SSSR count). The van der Waals surface area contributed by atoms with E-state index in [1.807, 2.05) is 30.3 Å². The summed E-state index contributed by atoms with van der Waals surface area (Å²) in [6.07, 6.45) is 2.93. The maximum absolute atomic E-state index is 11.9. The molecule has 0 aliphatic rings. The van der Waals surface area contributed by atoms with Crippen molar-refractivity contribution < 1.29 is 4.79 Å². The van der Waals surface area contributed by atoms with Crippen molar-refractivity contribution in [3.05, 3.63) is 71.4 Å². The van der Waals surface area contributed by atoms with Gasteiger partial charge in [0.05, 0.1) is 13.1 Å². The number of fused-ring (bicyclic) bond motifs is 1. The van der Waals surface area contributed by atoms with Crippen LogP contribution in [0.2, 0.25) is 0 Å². The molecule has 1 aromatic heterocycles. The number of aromatic nitrogens is 1. The number of H-pyrrole nitrogens is 1. The van der Waals surface area contributed by atoms with E-state index in [1.54, 1.807) is 19.0 Å². The number of hydrogen-bond donors (Lipinski definition) is 3. The van der Waals surface area contributed by atoms with Crippen LogP contribution in [0.1, 0.15) is 16.7 Å². The topological polar surface area (TPSA) is 72.5 Å². The molecule has 1 heterocycles. The van der Waals surface area contributed by atoms with E-state index in [0.717, 1.165) is 18.5 Å². The average molecular weight is 519 g/mol. The smallest absolute Gasteiger partial charge is 0.241 e. The van der Waals surface area contributed by atoms with Gasteiger partial charge in [0.1, 0.15) is 0 Å². The molecule has 160 valence electrons. The van der Waals surface area contributed by atoms with Gasteiger partial charge < -0.3 is 20.5 Å². The predicted octanol–water partition coefficient (Wildman–Crippen LogP) is 3.46. The van der Waals surface area contributed by atoms with Crippen LogP contribution in [0.25, 0.3) is 10.9 Å². The van der Waals surface area contributed by atoms with Crippen LogP contribution in [-0.4, -0.2) is 48.9 Å². The molecule has 0 atom stereocenters. The Hall–Kier alpha value is -2.55. The van der Waals surface area contributed by atoms with E-state index in [2.05, 4.69) is 51.9 Å². The van der Waals surface area contributed by atoms with Crippen molar-refractivity contribution in [3.63, 3.8) is 0 Å². The van der Waals surface area contributed by atoms with Crippen molar-refractivity contribution in [2.45, 2.75) is 19.9 Å².